The first-order chi connectivity index (χ1) is 13.0. The summed E-state index contributed by atoms with van der Waals surface area (Å²) in [5.41, 5.74) is 2.93. The van der Waals surface area contributed by atoms with Crippen molar-refractivity contribution >= 4 is 35.1 Å². The van der Waals surface area contributed by atoms with Crippen molar-refractivity contribution in [3.05, 3.63) is 64.5 Å². The predicted octanol–water partition coefficient (Wildman–Crippen LogP) is 5.69. The monoisotopic (exact) mass is 398 g/mol. The minimum atomic E-state index is -0.227. The lowest BCUT2D eigenvalue weighted by Gasteiger charge is -2.29. The van der Waals surface area contributed by atoms with E-state index in [1.165, 1.54) is 5.56 Å². The van der Waals surface area contributed by atoms with E-state index in [2.05, 4.69) is 37.1 Å². The van der Waals surface area contributed by atoms with Gasteiger partial charge in [0.15, 0.2) is 5.16 Å². The second kappa shape index (κ2) is 7.26. The SMILES string of the molecule is C=CCn1c(SCc2ccccc2)nc(=S)c2c3c(oc21)COC(C)(C)C3. The molecule has 1 aromatic carbocycles. The van der Waals surface area contributed by atoms with E-state index in [9.17, 15) is 0 Å². The van der Waals surface area contributed by atoms with E-state index in [-0.39, 0.29) is 5.60 Å². The summed E-state index contributed by atoms with van der Waals surface area (Å²) in [4.78, 5) is 4.76. The maximum atomic E-state index is 6.21. The standard InChI is InChI=1S/C21H22N2O2S2/c1-4-10-23-19-17(15-11-21(2,3)24-12-16(15)25-19)18(26)22-20(23)27-13-14-8-6-5-7-9-14/h4-9H,1,10-13H2,2-3H3. The molecule has 4 nitrogen and oxygen atoms in total. The third-order valence-corrected chi connectivity index (χ3v) is 6.02. The summed E-state index contributed by atoms with van der Waals surface area (Å²) in [5, 5.41) is 1.80. The molecule has 0 aliphatic carbocycles. The van der Waals surface area contributed by atoms with Crippen molar-refractivity contribution in [2.75, 3.05) is 0 Å². The molecule has 1 aliphatic heterocycles. The molecule has 0 unspecified atom stereocenters. The zero-order chi connectivity index (χ0) is 19.0. The Morgan fingerprint density at radius 3 is 2.85 bits per heavy atom. The number of allylic oxidation sites excluding steroid dienone is 1. The summed E-state index contributed by atoms with van der Waals surface area (Å²) in [7, 11) is 0. The first-order valence-electron chi connectivity index (χ1n) is 8.95. The molecule has 27 heavy (non-hydrogen) atoms. The van der Waals surface area contributed by atoms with Crippen molar-refractivity contribution in [2.45, 2.75) is 49.9 Å². The molecule has 0 radical (unpaired) electrons. The lowest BCUT2D eigenvalue weighted by atomic mass is 9.94. The van der Waals surface area contributed by atoms with Crippen LogP contribution in [-0.2, 0) is 30.1 Å². The Morgan fingerprint density at radius 1 is 1.33 bits per heavy atom. The van der Waals surface area contributed by atoms with Crippen LogP contribution in [0, 0.1) is 4.64 Å². The zero-order valence-corrected chi connectivity index (χ0v) is 17.2. The molecule has 3 heterocycles. The van der Waals surface area contributed by atoms with E-state index in [1.807, 2.05) is 24.3 Å². The number of fused-ring (bicyclic) bond motifs is 3. The first-order valence-corrected chi connectivity index (χ1v) is 10.3. The van der Waals surface area contributed by atoms with Gasteiger partial charge in [-0.25, -0.2) is 4.98 Å². The van der Waals surface area contributed by atoms with Gasteiger partial charge in [-0.2, -0.15) is 0 Å². The molecule has 6 heteroatoms. The minimum Gasteiger partial charge on any atom is -0.442 e. The molecule has 0 spiro atoms. The molecule has 0 amide bonds. The van der Waals surface area contributed by atoms with Gasteiger partial charge in [-0.15, -0.1) is 6.58 Å². The summed E-state index contributed by atoms with van der Waals surface area (Å²) in [6.07, 6.45) is 2.63. The molecule has 0 saturated carbocycles. The van der Waals surface area contributed by atoms with Crippen molar-refractivity contribution in [1.29, 1.82) is 0 Å². The number of rotatable bonds is 5. The number of hydrogen-bond donors (Lipinski definition) is 0. The van der Waals surface area contributed by atoms with E-state index in [1.54, 1.807) is 11.8 Å². The van der Waals surface area contributed by atoms with Crippen LogP contribution >= 0.6 is 24.0 Å². The van der Waals surface area contributed by atoms with Gasteiger partial charge in [-0.3, -0.25) is 4.57 Å². The third-order valence-electron chi connectivity index (χ3n) is 4.68. The molecule has 3 aromatic rings. The molecule has 0 N–H and O–H groups in total. The van der Waals surface area contributed by atoms with Gasteiger partial charge < -0.3 is 9.15 Å². The molecule has 0 saturated heterocycles. The van der Waals surface area contributed by atoms with Crippen molar-refractivity contribution in [1.82, 2.24) is 9.55 Å². The first kappa shape index (κ1) is 18.5. The fraction of sp³-hybridized carbons (Fsp3) is 0.333. The van der Waals surface area contributed by atoms with Crippen molar-refractivity contribution < 1.29 is 9.15 Å². The Morgan fingerprint density at radius 2 is 2.11 bits per heavy atom. The second-order valence-corrected chi connectivity index (χ2v) is 8.61. The Kier molecular flexibility index (Phi) is 4.97. The highest BCUT2D eigenvalue weighted by Crippen LogP contribution is 2.37. The Labute approximate surface area is 168 Å². The Balaban J connectivity index is 1.80. The molecule has 4 rings (SSSR count). The predicted molar refractivity (Wildman–Crippen MR) is 112 cm³/mol. The van der Waals surface area contributed by atoms with Gasteiger partial charge in [-0.05, 0) is 19.4 Å². The lowest BCUT2D eigenvalue weighted by Crippen LogP contribution is -2.31. The van der Waals surface area contributed by atoms with Crippen LogP contribution in [0.3, 0.4) is 0 Å². The van der Waals surface area contributed by atoms with Gasteiger partial charge in [0.1, 0.15) is 17.0 Å². The zero-order valence-electron chi connectivity index (χ0n) is 15.5. The summed E-state index contributed by atoms with van der Waals surface area (Å²) >= 11 is 7.33. The van der Waals surface area contributed by atoms with Crippen LogP contribution in [0.1, 0.15) is 30.7 Å². The number of ether oxygens (including phenoxy) is 1. The second-order valence-electron chi connectivity index (χ2n) is 7.28. The summed E-state index contributed by atoms with van der Waals surface area (Å²) in [6, 6.07) is 10.3. The summed E-state index contributed by atoms with van der Waals surface area (Å²) in [6.45, 7) is 9.16. The van der Waals surface area contributed by atoms with E-state index in [0.29, 0.717) is 17.8 Å². The van der Waals surface area contributed by atoms with Crippen LogP contribution in [-0.4, -0.2) is 15.2 Å². The van der Waals surface area contributed by atoms with Crippen LogP contribution in [0.25, 0.3) is 11.1 Å². The number of furan rings is 1. The third kappa shape index (κ3) is 3.61. The highest BCUT2D eigenvalue weighted by Gasteiger charge is 2.32. The van der Waals surface area contributed by atoms with E-state index >= 15 is 0 Å². The van der Waals surface area contributed by atoms with Gasteiger partial charge in [-0.1, -0.05) is 60.4 Å². The van der Waals surface area contributed by atoms with Gasteiger partial charge >= 0.3 is 0 Å². The molecule has 1 aliphatic rings. The topological polar surface area (TPSA) is 40.2 Å². The van der Waals surface area contributed by atoms with E-state index in [4.69, 9.17) is 26.4 Å². The summed E-state index contributed by atoms with van der Waals surface area (Å²) < 4.78 is 14.8. The molecular formula is C21H22N2O2S2. The summed E-state index contributed by atoms with van der Waals surface area (Å²) in [5.74, 6) is 1.68. The lowest BCUT2D eigenvalue weighted by molar-refractivity contribution is -0.0477. The van der Waals surface area contributed by atoms with Crippen LogP contribution < -0.4 is 0 Å². The molecule has 0 atom stereocenters. The van der Waals surface area contributed by atoms with Crippen LogP contribution in [0.2, 0.25) is 0 Å². The number of aromatic nitrogens is 2. The van der Waals surface area contributed by atoms with Gasteiger partial charge in [0.2, 0.25) is 5.71 Å². The fourth-order valence-corrected chi connectivity index (χ4v) is 4.67. The Hall–Kier alpha value is -1.89. The van der Waals surface area contributed by atoms with Crippen molar-refractivity contribution in [3.8, 4) is 0 Å². The fourth-order valence-electron chi connectivity index (χ4n) is 3.36. The van der Waals surface area contributed by atoms with E-state index < -0.39 is 0 Å². The molecule has 2 aromatic heterocycles. The molecular weight excluding hydrogens is 376 g/mol. The maximum Gasteiger partial charge on any atom is 0.212 e. The van der Waals surface area contributed by atoms with Crippen molar-refractivity contribution in [2.24, 2.45) is 0 Å². The molecule has 0 bridgehead atoms. The number of thioether (sulfide) groups is 1. The number of benzene rings is 1. The largest absolute Gasteiger partial charge is 0.442 e. The maximum absolute atomic E-state index is 6.21. The van der Waals surface area contributed by atoms with Gasteiger partial charge in [0.25, 0.3) is 0 Å². The Bertz CT molecular complexity index is 1050. The normalized spacial score (nSPS) is 15.6. The molecule has 0 fully saturated rings. The van der Waals surface area contributed by atoms with Crippen LogP contribution in [0.5, 0.6) is 0 Å². The highest BCUT2D eigenvalue weighted by atomic mass is 32.2. The number of hydrogen-bond acceptors (Lipinski definition) is 5. The average molecular weight is 399 g/mol. The smallest absolute Gasteiger partial charge is 0.212 e. The molecule has 140 valence electrons. The van der Waals surface area contributed by atoms with E-state index in [0.717, 1.165) is 39.8 Å². The van der Waals surface area contributed by atoms with Gasteiger partial charge in [0.05, 0.1) is 11.0 Å². The average Bonchev–Trinajstić information content (AvgIpc) is 3.01. The van der Waals surface area contributed by atoms with Gasteiger partial charge in [0, 0.05) is 24.3 Å². The number of nitrogens with zero attached hydrogens (tertiary/aromatic N) is 2. The quantitative estimate of drug-likeness (QED) is 0.239. The highest BCUT2D eigenvalue weighted by molar-refractivity contribution is 7.98. The van der Waals surface area contributed by atoms with Crippen molar-refractivity contribution in [3.63, 3.8) is 0 Å². The van der Waals surface area contributed by atoms with Crippen LogP contribution in [0.15, 0.2) is 52.6 Å². The van der Waals surface area contributed by atoms with Crippen LogP contribution in [0.4, 0.5) is 0 Å². The minimum absolute atomic E-state index is 0.227.